The highest BCUT2D eigenvalue weighted by molar-refractivity contribution is 14.0. The van der Waals surface area contributed by atoms with Crippen molar-refractivity contribution >= 4 is 40.8 Å². The van der Waals surface area contributed by atoms with Crippen molar-refractivity contribution in [1.82, 2.24) is 15.6 Å². The van der Waals surface area contributed by atoms with Crippen molar-refractivity contribution in [3.05, 3.63) is 64.8 Å². The van der Waals surface area contributed by atoms with E-state index >= 15 is 0 Å². The van der Waals surface area contributed by atoms with Crippen molar-refractivity contribution in [1.29, 1.82) is 0 Å². The lowest BCUT2D eigenvalue weighted by atomic mass is 10.1. The van der Waals surface area contributed by atoms with Gasteiger partial charge in [0.25, 0.3) is 0 Å². The van der Waals surface area contributed by atoms with Crippen molar-refractivity contribution in [3.63, 3.8) is 0 Å². The maximum absolute atomic E-state index is 5.47. The fourth-order valence-corrected chi connectivity index (χ4v) is 3.22. The van der Waals surface area contributed by atoms with Gasteiger partial charge in [0.15, 0.2) is 5.96 Å². The lowest BCUT2D eigenvalue weighted by Crippen LogP contribution is -2.37. The largest absolute Gasteiger partial charge is 0.496 e. The van der Waals surface area contributed by atoms with Crippen molar-refractivity contribution in [2.24, 2.45) is 4.99 Å². The average Bonchev–Trinajstić information content (AvgIpc) is 3.07. The molecule has 0 saturated carbocycles. The number of halogens is 1. The number of hydrogen-bond acceptors (Lipinski definition) is 2. The quantitative estimate of drug-likeness (QED) is 0.273. The van der Waals surface area contributed by atoms with Crippen LogP contribution < -0.4 is 15.4 Å². The van der Waals surface area contributed by atoms with Crippen LogP contribution in [0.2, 0.25) is 0 Å². The van der Waals surface area contributed by atoms with E-state index in [1.807, 2.05) is 6.07 Å². The molecule has 0 aliphatic carbocycles. The summed E-state index contributed by atoms with van der Waals surface area (Å²) in [5.74, 6) is 1.68. The van der Waals surface area contributed by atoms with Gasteiger partial charge in [-0.05, 0) is 49.1 Å². The second-order valence-corrected chi connectivity index (χ2v) is 6.78. The summed E-state index contributed by atoms with van der Waals surface area (Å²) >= 11 is 0. The summed E-state index contributed by atoms with van der Waals surface area (Å²) in [6.07, 6.45) is 3.02. The molecule has 0 aliphatic heterocycles. The van der Waals surface area contributed by atoms with Crippen LogP contribution >= 0.6 is 24.0 Å². The summed E-state index contributed by atoms with van der Waals surface area (Å²) in [6, 6.07) is 12.8. The number of aryl methyl sites for hydroxylation is 2. The Morgan fingerprint density at radius 3 is 2.54 bits per heavy atom. The number of aliphatic imine (C=N–C) groups is 1. The summed E-state index contributed by atoms with van der Waals surface area (Å²) in [7, 11) is 3.49. The molecule has 0 aliphatic rings. The number of aromatic amines is 1. The number of methoxy groups -OCH3 is 1. The highest BCUT2D eigenvalue weighted by Crippen LogP contribution is 2.20. The third-order valence-electron chi connectivity index (χ3n) is 4.72. The number of H-pyrrole nitrogens is 1. The van der Waals surface area contributed by atoms with Crippen molar-refractivity contribution in [2.45, 2.75) is 26.8 Å². The van der Waals surface area contributed by atoms with Crippen LogP contribution in [0, 0.1) is 13.8 Å². The van der Waals surface area contributed by atoms with E-state index in [0.717, 1.165) is 30.2 Å². The first kappa shape index (κ1) is 22.1. The molecule has 0 fully saturated rings. The first-order valence-electron chi connectivity index (χ1n) is 9.25. The van der Waals surface area contributed by atoms with Gasteiger partial charge in [-0.25, -0.2) is 0 Å². The van der Waals surface area contributed by atoms with Gasteiger partial charge in [0.2, 0.25) is 0 Å². The van der Waals surface area contributed by atoms with Crippen molar-refractivity contribution < 1.29 is 4.74 Å². The highest BCUT2D eigenvalue weighted by Gasteiger charge is 2.06. The van der Waals surface area contributed by atoms with Crippen LogP contribution in [0.5, 0.6) is 5.75 Å². The minimum Gasteiger partial charge on any atom is -0.496 e. The van der Waals surface area contributed by atoms with Crippen LogP contribution in [0.3, 0.4) is 0 Å². The SMILES string of the molecule is CN=C(NCCc1c[nH]c2cc(C)ccc12)NCc1ccc(C)cc1OC.I. The number of guanidine groups is 1. The van der Waals surface area contributed by atoms with E-state index in [9.17, 15) is 0 Å². The van der Waals surface area contributed by atoms with E-state index in [2.05, 4.69) is 71.0 Å². The van der Waals surface area contributed by atoms with Gasteiger partial charge < -0.3 is 20.4 Å². The molecule has 28 heavy (non-hydrogen) atoms. The zero-order valence-electron chi connectivity index (χ0n) is 16.9. The molecule has 1 heterocycles. The number of nitrogens with one attached hydrogen (secondary N) is 3. The van der Waals surface area contributed by atoms with E-state index in [1.165, 1.54) is 27.6 Å². The van der Waals surface area contributed by atoms with E-state index in [-0.39, 0.29) is 24.0 Å². The molecule has 1 aromatic heterocycles. The summed E-state index contributed by atoms with van der Waals surface area (Å²) in [5.41, 5.74) is 6.07. The molecule has 3 N–H and O–H groups in total. The molecule has 0 amide bonds. The van der Waals surface area contributed by atoms with E-state index in [0.29, 0.717) is 6.54 Å². The Balaban J connectivity index is 0.00000280. The molecule has 0 atom stereocenters. The zero-order valence-corrected chi connectivity index (χ0v) is 19.3. The Morgan fingerprint density at radius 1 is 1.04 bits per heavy atom. The molecule has 2 aromatic carbocycles. The molecule has 150 valence electrons. The Hall–Kier alpha value is -2.22. The van der Waals surface area contributed by atoms with Gasteiger partial charge >= 0.3 is 0 Å². The molecular weight excluding hydrogens is 463 g/mol. The summed E-state index contributed by atoms with van der Waals surface area (Å²) in [6.45, 7) is 5.65. The molecular formula is C22H29IN4O. The predicted octanol–water partition coefficient (Wildman–Crippen LogP) is 4.32. The Kier molecular flexibility index (Phi) is 8.17. The molecule has 0 unspecified atom stereocenters. The number of aromatic nitrogens is 1. The highest BCUT2D eigenvalue weighted by atomic mass is 127. The normalized spacial score (nSPS) is 11.2. The first-order chi connectivity index (χ1) is 13.1. The monoisotopic (exact) mass is 492 g/mol. The number of hydrogen-bond donors (Lipinski definition) is 3. The van der Waals surface area contributed by atoms with Crippen LogP contribution in [0.25, 0.3) is 10.9 Å². The zero-order chi connectivity index (χ0) is 19.2. The van der Waals surface area contributed by atoms with Crippen molar-refractivity contribution in [2.75, 3.05) is 20.7 Å². The summed E-state index contributed by atoms with van der Waals surface area (Å²) < 4.78 is 5.47. The van der Waals surface area contributed by atoms with Gasteiger partial charge in [0.05, 0.1) is 7.11 Å². The van der Waals surface area contributed by atoms with Gasteiger partial charge in [0, 0.05) is 42.8 Å². The van der Waals surface area contributed by atoms with E-state index < -0.39 is 0 Å². The number of ether oxygens (including phenoxy) is 1. The van der Waals surface area contributed by atoms with Crippen LogP contribution in [-0.2, 0) is 13.0 Å². The maximum Gasteiger partial charge on any atom is 0.191 e. The molecule has 0 spiro atoms. The van der Waals surface area contributed by atoms with Gasteiger partial charge in [-0.2, -0.15) is 0 Å². The van der Waals surface area contributed by atoms with Gasteiger partial charge in [-0.1, -0.05) is 24.3 Å². The lowest BCUT2D eigenvalue weighted by molar-refractivity contribution is 0.408. The smallest absolute Gasteiger partial charge is 0.191 e. The van der Waals surface area contributed by atoms with Crippen LogP contribution in [-0.4, -0.2) is 31.6 Å². The van der Waals surface area contributed by atoms with E-state index in [4.69, 9.17) is 4.74 Å². The molecule has 6 heteroatoms. The van der Waals surface area contributed by atoms with E-state index in [1.54, 1.807) is 14.2 Å². The fraction of sp³-hybridized carbons (Fsp3) is 0.318. The summed E-state index contributed by atoms with van der Waals surface area (Å²) in [4.78, 5) is 7.67. The van der Waals surface area contributed by atoms with Gasteiger partial charge in [0.1, 0.15) is 5.75 Å². The number of fused-ring (bicyclic) bond motifs is 1. The third kappa shape index (κ3) is 5.41. The summed E-state index contributed by atoms with van der Waals surface area (Å²) in [5, 5.41) is 8.03. The van der Waals surface area contributed by atoms with Gasteiger partial charge in [-0.3, -0.25) is 4.99 Å². The Bertz CT molecular complexity index is 949. The average molecular weight is 492 g/mol. The molecule has 0 saturated heterocycles. The Morgan fingerprint density at radius 2 is 1.79 bits per heavy atom. The number of benzene rings is 2. The molecule has 3 aromatic rings. The minimum atomic E-state index is 0. The van der Waals surface area contributed by atoms with Crippen LogP contribution in [0.4, 0.5) is 0 Å². The Labute approximate surface area is 184 Å². The number of nitrogens with zero attached hydrogens (tertiary/aromatic N) is 1. The van der Waals surface area contributed by atoms with Gasteiger partial charge in [-0.15, -0.1) is 24.0 Å². The van der Waals surface area contributed by atoms with Crippen LogP contribution in [0.1, 0.15) is 22.3 Å². The fourth-order valence-electron chi connectivity index (χ4n) is 3.22. The van der Waals surface area contributed by atoms with Crippen molar-refractivity contribution in [3.8, 4) is 5.75 Å². The maximum atomic E-state index is 5.47. The van der Waals surface area contributed by atoms with Crippen LogP contribution in [0.15, 0.2) is 47.6 Å². The standard InChI is InChI=1S/C22H28N4O.HI/c1-15-6-8-19-17(13-25-20(19)11-15)9-10-24-22(23-3)26-14-18-7-5-16(2)12-21(18)27-4;/h5-8,11-13,25H,9-10,14H2,1-4H3,(H2,23,24,26);1H. The second kappa shape index (κ2) is 10.4. The second-order valence-electron chi connectivity index (χ2n) is 6.78. The molecule has 0 bridgehead atoms. The molecule has 0 radical (unpaired) electrons. The lowest BCUT2D eigenvalue weighted by Gasteiger charge is -2.14. The predicted molar refractivity (Wildman–Crippen MR) is 128 cm³/mol. The topological polar surface area (TPSA) is 61.4 Å². The third-order valence-corrected chi connectivity index (χ3v) is 4.72. The first-order valence-corrected chi connectivity index (χ1v) is 9.25. The molecule has 5 nitrogen and oxygen atoms in total. The molecule has 3 rings (SSSR count). The number of rotatable bonds is 6. The minimum absolute atomic E-state index is 0.